The highest BCUT2D eigenvalue weighted by Crippen LogP contribution is 2.37. The molecule has 3 aromatic heterocycles. The average molecular weight is 494 g/mol. The third kappa shape index (κ3) is 4.38. The van der Waals surface area contributed by atoms with Crippen LogP contribution in [0.4, 0.5) is 5.13 Å². The number of aromatic amines is 1. The van der Waals surface area contributed by atoms with Crippen LogP contribution in [0.15, 0.2) is 36.7 Å². The Morgan fingerprint density at radius 2 is 1.81 bits per heavy atom. The van der Waals surface area contributed by atoms with Crippen LogP contribution in [0, 0.1) is 0 Å². The standard InChI is InChI=1S/C21H23N7OS.2ClH/c1-27(2)14-7-15(8-14)28(3)21-24-20-19(30-21)9-17(25-26-20)16-5-4-12(6-18(16)29)13-10-22-23-11-13;;/h4-6,9-11,14-15,29H,7-8H2,1-3H3,(H,22,23);2*1H. The molecule has 0 spiro atoms. The van der Waals surface area contributed by atoms with Gasteiger partial charge in [-0.2, -0.15) is 10.1 Å². The maximum absolute atomic E-state index is 10.6. The van der Waals surface area contributed by atoms with Gasteiger partial charge in [0, 0.05) is 36.5 Å². The van der Waals surface area contributed by atoms with Crippen LogP contribution in [-0.2, 0) is 0 Å². The van der Waals surface area contributed by atoms with Crippen molar-refractivity contribution in [1.82, 2.24) is 30.3 Å². The molecule has 0 radical (unpaired) electrons. The van der Waals surface area contributed by atoms with Crippen LogP contribution >= 0.6 is 36.2 Å². The minimum absolute atomic E-state index is 0. The van der Waals surface area contributed by atoms with Crippen molar-refractivity contribution < 1.29 is 5.11 Å². The van der Waals surface area contributed by atoms with Crippen LogP contribution in [0.3, 0.4) is 0 Å². The summed E-state index contributed by atoms with van der Waals surface area (Å²) in [5.74, 6) is 0.161. The lowest BCUT2D eigenvalue weighted by molar-refractivity contribution is 0.165. The molecule has 1 saturated carbocycles. The SMILES string of the molecule is CN(C)C1CC(N(C)c2nc3nnc(-c4ccc(-c5cn[nH]c5)cc4O)cc3s2)C1.Cl.Cl. The maximum atomic E-state index is 10.6. The van der Waals surface area contributed by atoms with Crippen molar-refractivity contribution in [2.24, 2.45) is 0 Å². The highest BCUT2D eigenvalue weighted by Gasteiger charge is 2.34. The zero-order valence-corrected chi connectivity index (χ0v) is 20.3. The van der Waals surface area contributed by atoms with E-state index >= 15 is 0 Å². The summed E-state index contributed by atoms with van der Waals surface area (Å²) in [6.45, 7) is 0. The number of hydrogen-bond donors (Lipinski definition) is 2. The molecule has 1 fully saturated rings. The number of H-pyrrole nitrogens is 1. The third-order valence-corrected chi connectivity index (χ3v) is 7.00. The van der Waals surface area contributed by atoms with Gasteiger partial charge < -0.3 is 14.9 Å². The number of nitrogens with one attached hydrogen (secondary N) is 1. The van der Waals surface area contributed by atoms with E-state index in [2.05, 4.69) is 56.3 Å². The van der Waals surface area contributed by atoms with Crippen molar-refractivity contribution >= 4 is 51.6 Å². The molecule has 11 heteroatoms. The van der Waals surface area contributed by atoms with E-state index in [0.29, 0.717) is 29.0 Å². The van der Waals surface area contributed by atoms with Gasteiger partial charge in [0.15, 0.2) is 10.8 Å². The number of fused-ring (bicyclic) bond motifs is 1. The normalized spacial score (nSPS) is 17.5. The quantitative estimate of drug-likeness (QED) is 0.429. The molecule has 32 heavy (non-hydrogen) atoms. The van der Waals surface area contributed by atoms with Crippen LogP contribution in [0.5, 0.6) is 5.75 Å². The monoisotopic (exact) mass is 493 g/mol. The van der Waals surface area contributed by atoms with Gasteiger partial charge >= 0.3 is 0 Å². The number of phenols is 1. The predicted molar refractivity (Wildman–Crippen MR) is 133 cm³/mol. The predicted octanol–water partition coefficient (Wildman–Crippen LogP) is 4.22. The number of nitrogens with zero attached hydrogens (tertiary/aromatic N) is 6. The topological polar surface area (TPSA) is 94.1 Å². The number of aromatic hydroxyl groups is 1. The Labute approximate surface area is 202 Å². The fourth-order valence-electron chi connectivity index (χ4n) is 3.80. The van der Waals surface area contributed by atoms with E-state index in [1.54, 1.807) is 29.8 Å². The first kappa shape index (κ1) is 24.2. The molecule has 1 aliphatic carbocycles. The van der Waals surface area contributed by atoms with Gasteiger partial charge in [-0.25, -0.2) is 0 Å². The Bertz CT molecular complexity index is 1190. The molecule has 0 aliphatic heterocycles. The summed E-state index contributed by atoms with van der Waals surface area (Å²) in [4.78, 5) is 9.21. The smallest absolute Gasteiger partial charge is 0.194 e. The average Bonchev–Trinajstić information content (AvgIpc) is 3.35. The molecule has 8 nitrogen and oxygen atoms in total. The van der Waals surface area contributed by atoms with E-state index in [0.717, 1.165) is 33.8 Å². The molecule has 3 heterocycles. The molecular formula is C21H25Cl2N7OS. The van der Waals surface area contributed by atoms with E-state index < -0.39 is 0 Å². The van der Waals surface area contributed by atoms with Crippen molar-refractivity contribution in [3.63, 3.8) is 0 Å². The molecule has 0 saturated heterocycles. The van der Waals surface area contributed by atoms with Gasteiger partial charge in [0.05, 0.1) is 16.6 Å². The number of hydrogen-bond acceptors (Lipinski definition) is 8. The third-order valence-electron chi connectivity index (χ3n) is 5.92. The van der Waals surface area contributed by atoms with Gasteiger partial charge in [0.2, 0.25) is 0 Å². The van der Waals surface area contributed by atoms with Gasteiger partial charge in [0.25, 0.3) is 0 Å². The van der Waals surface area contributed by atoms with Gasteiger partial charge in [-0.15, -0.1) is 35.0 Å². The van der Waals surface area contributed by atoms with Crippen LogP contribution in [0.25, 0.3) is 32.7 Å². The van der Waals surface area contributed by atoms with E-state index in [-0.39, 0.29) is 30.6 Å². The van der Waals surface area contributed by atoms with E-state index in [4.69, 9.17) is 0 Å². The zero-order chi connectivity index (χ0) is 20.8. The molecule has 5 rings (SSSR count). The summed E-state index contributed by atoms with van der Waals surface area (Å²) in [7, 11) is 6.36. The van der Waals surface area contributed by atoms with Crippen molar-refractivity contribution in [1.29, 1.82) is 0 Å². The molecule has 170 valence electrons. The molecule has 4 aromatic rings. The van der Waals surface area contributed by atoms with Gasteiger partial charge in [-0.3, -0.25) is 5.10 Å². The van der Waals surface area contributed by atoms with Crippen molar-refractivity contribution in [2.75, 3.05) is 26.0 Å². The summed E-state index contributed by atoms with van der Waals surface area (Å²) in [6.07, 6.45) is 5.80. The van der Waals surface area contributed by atoms with Crippen LogP contribution in [0.2, 0.25) is 0 Å². The minimum Gasteiger partial charge on any atom is -0.507 e. The Balaban J connectivity index is 0.00000144. The first-order valence-electron chi connectivity index (χ1n) is 9.85. The van der Waals surface area contributed by atoms with Crippen molar-refractivity contribution in [2.45, 2.75) is 24.9 Å². The second kappa shape index (κ2) is 9.58. The minimum atomic E-state index is 0. The Hall–Kier alpha value is -2.46. The highest BCUT2D eigenvalue weighted by atomic mass is 35.5. The van der Waals surface area contributed by atoms with Crippen molar-refractivity contribution in [3.8, 4) is 28.1 Å². The molecule has 0 unspecified atom stereocenters. The second-order valence-corrected chi connectivity index (χ2v) is 9.00. The Morgan fingerprint density at radius 1 is 1.03 bits per heavy atom. The zero-order valence-electron chi connectivity index (χ0n) is 17.9. The molecule has 0 bridgehead atoms. The molecule has 0 atom stereocenters. The lowest BCUT2D eigenvalue weighted by Gasteiger charge is -2.44. The lowest BCUT2D eigenvalue weighted by Crippen LogP contribution is -2.51. The number of thiazole rings is 1. The van der Waals surface area contributed by atoms with Gasteiger partial charge in [0.1, 0.15) is 5.75 Å². The number of phenolic OH excluding ortho intramolecular Hbond substituents is 1. The van der Waals surface area contributed by atoms with E-state index in [9.17, 15) is 5.11 Å². The van der Waals surface area contributed by atoms with E-state index in [1.807, 2.05) is 18.2 Å². The number of anilines is 1. The van der Waals surface area contributed by atoms with Crippen LogP contribution in [0.1, 0.15) is 12.8 Å². The summed E-state index contributed by atoms with van der Waals surface area (Å²) < 4.78 is 0.962. The number of benzene rings is 1. The largest absolute Gasteiger partial charge is 0.507 e. The summed E-state index contributed by atoms with van der Waals surface area (Å²) in [5.41, 5.74) is 3.72. The summed E-state index contributed by atoms with van der Waals surface area (Å²) in [6, 6.07) is 8.62. The van der Waals surface area contributed by atoms with Crippen LogP contribution in [-0.4, -0.2) is 68.6 Å². The van der Waals surface area contributed by atoms with Gasteiger partial charge in [-0.1, -0.05) is 17.4 Å². The fourth-order valence-corrected chi connectivity index (χ4v) is 4.77. The molecule has 1 aromatic carbocycles. The second-order valence-electron chi connectivity index (χ2n) is 7.99. The fraction of sp³-hybridized carbons (Fsp3) is 0.333. The van der Waals surface area contributed by atoms with Crippen LogP contribution < -0.4 is 4.90 Å². The number of rotatable bonds is 5. The summed E-state index contributed by atoms with van der Waals surface area (Å²) in [5, 5.41) is 26.9. The Kier molecular flexibility index (Phi) is 7.24. The molecule has 0 amide bonds. The summed E-state index contributed by atoms with van der Waals surface area (Å²) >= 11 is 1.61. The maximum Gasteiger partial charge on any atom is 0.194 e. The van der Waals surface area contributed by atoms with E-state index in [1.165, 1.54) is 0 Å². The molecule has 2 N–H and O–H groups in total. The number of aromatic nitrogens is 5. The van der Waals surface area contributed by atoms with Gasteiger partial charge in [-0.05, 0) is 50.7 Å². The molecule has 1 aliphatic rings. The first-order valence-corrected chi connectivity index (χ1v) is 10.7. The van der Waals surface area contributed by atoms with Crippen molar-refractivity contribution in [3.05, 3.63) is 36.7 Å². The number of halogens is 2. The highest BCUT2D eigenvalue weighted by molar-refractivity contribution is 7.22. The lowest BCUT2D eigenvalue weighted by atomic mass is 9.85. The Morgan fingerprint density at radius 3 is 2.47 bits per heavy atom. The molecular weight excluding hydrogens is 469 g/mol. The first-order chi connectivity index (χ1) is 14.5.